The van der Waals surface area contributed by atoms with Crippen molar-refractivity contribution in [3.8, 4) is 0 Å². The molecule has 0 saturated heterocycles. The van der Waals surface area contributed by atoms with Crippen LogP contribution in [0, 0.1) is 0 Å². The fraction of sp³-hybridized carbons (Fsp3) is 0.0714. The summed E-state index contributed by atoms with van der Waals surface area (Å²) >= 11 is -5.39. The fourth-order valence-electron chi connectivity index (χ4n) is 1.91. The van der Waals surface area contributed by atoms with Gasteiger partial charge in [-0.15, -0.1) is 0 Å². The Balaban J connectivity index is 2.38. The maximum absolute atomic E-state index is 12.2. The molecule has 0 bridgehead atoms. The van der Waals surface area contributed by atoms with E-state index in [1.54, 1.807) is 0 Å². The van der Waals surface area contributed by atoms with Crippen LogP contribution in [0.4, 0.5) is 5.69 Å². The van der Waals surface area contributed by atoms with E-state index in [0.29, 0.717) is 0 Å². The molecule has 0 saturated carbocycles. The first kappa shape index (κ1) is 19.4. The number of carbonyl (C=O) groups is 1. The zero-order valence-corrected chi connectivity index (χ0v) is 15.1. The summed E-state index contributed by atoms with van der Waals surface area (Å²) in [7, 11) is -3.51. The highest BCUT2D eigenvalue weighted by Crippen LogP contribution is 2.20. The molecule has 11 heteroatoms. The maximum Gasteiger partial charge on any atom is 0.255 e. The minimum Gasteiger partial charge on any atom is -0.768 e. The van der Waals surface area contributed by atoms with E-state index in [9.17, 15) is 30.7 Å². The van der Waals surface area contributed by atoms with Gasteiger partial charge in [0.2, 0.25) is 0 Å². The highest BCUT2D eigenvalue weighted by Gasteiger charge is 2.13. The minimum absolute atomic E-state index is 0.0152. The highest BCUT2D eigenvalue weighted by molar-refractivity contribution is 7.90. The van der Waals surface area contributed by atoms with Gasteiger partial charge in [0, 0.05) is 27.3 Å². The summed E-state index contributed by atoms with van der Waals surface area (Å²) in [6.45, 7) is 0. The highest BCUT2D eigenvalue weighted by atomic mass is 32.2. The Hall–Kier alpha value is -1.92. The van der Waals surface area contributed by atoms with Crippen LogP contribution in [-0.4, -0.2) is 38.1 Å². The van der Waals surface area contributed by atoms with Crippen LogP contribution >= 0.6 is 0 Å². The zero-order chi connectivity index (χ0) is 18.8. The number of nitrogens with one attached hydrogen (secondary N) is 1. The van der Waals surface area contributed by atoms with Crippen molar-refractivity contribution in [3.63, 3.8) is 0 Å². The van der Waals surface area contributed by atoms with Gasteiger partial charge in [-0.05, 0) is 58.6 Å². The number of rotatable bonds is 5. The lowest BCUT2D eigenvalue weighted by atomic mass is 10.2. The van der Waals surface area contributed by atoms with Crippen LogP contribution < -0.4 is 5.32 Å². The van der Waals surface area contributed by atoms with Gasteiger partial charge in [-0.25, -0.2) is 8.42 Å². The second-order valence-corrected chi connectivity index (χ2v) is 8.81. The van der Waals surface area contributed by atoms with Gasteiger partial charge in [0.05, 0.1) is 4.90 Å². The number of hydrogen-bond acceptors (Lipinski definition) is 7. The van der Waals surface area contributed by atoms with Crippen molar-refractivity contribution < 1.29 is 30.7 Å². The Labute approximate surface area is 148 Å². The monoisotopic (exact) mass is 401 g/mol. The van der Waals surface area contributed by atoms with E-state index in [2.05, 4.69) is 5.32 Å². The standard InChI is InChI=1S/C14H13NO7S3/c1-25(21,22)13-4-2-3-9(5-13)14(16)15-10-6-11(23(17)18)8-12(7-10)24(19)20/h2-8H,1H3,(H,15,16)(H,17,18)(H,19,20)/p-2. The molecule has 0 aliphatic rings. The van der Waals surface area contributed by atoms with Gasteiger partial charge in [-0.3, -0.25) is 13.2 Å². The van der Waals surface area contributed by atoms with Gasteiger partial charge in [0.1, 0.15) is 0 Å². The lowest BCUT2D eigenvalue weighted by molar-refractivity contribution is 0.102. The largest absolute Gasteiger partial charge is 0.768 e. The summed E-state index contributed by atoms with van der Waals surface area (Å²) in [4.78, 5) is 11.5. The first-order valence-electron chi connectivity index (χ1n) is 6.53. The van der Waals surface area contributed by atoms with Gasteiger partial charge >= 0.3 is 0 Å². The van der Waals surface area contributed by atoms with Crippen molar-refractivity contribution in [1.29, 1.82) is 0 Å². The molecule has 0 fully saturated rings. The molecule has 0 aliphatic heterocycles. The van der Waals surface area contributed by atoms with Crippen molar-refractivity contribution >= 4 is 43.6 Å². The molecule has 0 spiro atoms. The van der Waals surface area contributed by atoms with E-state index in [1.165, 1.54) is 18.2 Å². The van der Waals surface area contributed by atoms with E-state index in [1.807, 2.05) is 0 Å². The van der Waals surface area contributed by atoms with Crippen LogP contribution in [0.5, 0.6) is 0 Å². The Bertz CT molecular complexity index is 953. The summed E-state index contributed by atoms with van der Waals surface area (Å²) in [6.07, 6.45) is 0.993. The number of sulfone groups is 1. The Morgan fingerprint density at radius 1 is 1.00 bits per heavy atom. The zero-order valence-electron chi connectivity index (χ0n) is 12.6. The average Bonchev–Trinajstić information content (AvgIpc) is 2.53. The molecule has 0 heterocycles. The summed E-state index contributed by atoms with van der Waals surface area (Å²) < 4.78 is 67.3. The Morgan fingerprint density at radius 2 is 1.56 bits per heavy atom. The lowest BCUT2D eigenvalue weighted by Crippen LogP contribution is -2.13. The number of hydrogen-bond donors (Lipinski definition) is 1. The quantitative estimate of drug-likeness (QED) is 0.730. The molecule has 0 aromatic heterocycles. The van der Waals surface area contributed by atoms with Gasteiger partial charge in [-0.1, -0.05) is 6.07 Å². The number of amides is 1. The summed E-state index contributed by atoms with van der Waals surface area (Å²) in [5.74, 6) is -0.720. The van der Waals surface area contributed by atoms with E-state index < -0.39 is 37.9 Å². The molecule has 134 valence electrons. The van der Waals surface area contributed by atoms with E-state index in [-0.39, 0.29) is 25.9 Å². The second-order valence-electron chi connectivity index (χ2n) is 4.92. The molecular weight excluding hydrogens is 390 g/mol. The van der Waals surface area contributed by atoms with Crippen LogP contribution in [0.3, 0.4) is 0 Å². The molecule has 2 atom stereocenters. The molecule has 1 amide bonds. The predicted octanol–water partition coefficient (Wildman–Crippen LogP) is 0.818. The van der Waals surface area contributed by atoms with Crippen molar-refractivity contribution in [2.45, 2.75) is 14.7 Å². The molecule has 0 radical (unpaired) electrons. The second kappa shape index (κ2) is 7.54. The topological polar surface area (TPSA) is 144 Å². The molecule has 2 aromatic rings. The van der Waals surface area contributed by atoms with Crippen molar-refractivity contribution in [1.82, 2.24) is 0 Å². The third-order valence-corrected chi connectivity index (χ3v) is 5.40. The van der Waals surface area contributed by atoms with Crippen molar-refractivity contribution in [2.75, 3.05) is 11.6 Å². The van der Waals surface area contributed by atoms with Crippen LogP contribution in [-0.2, 0) is 32.0 Å². The average molecular weight is 401 g/mol. The first-order valence-corrected chi connectivity index (χ1v) is 10.6. The number of carbonyl (C=O) groups excluding carboxylic acids is 1. The fourth-order valence-corrected chi connectivity index (χ4v) is 3.54. The Morgan fingerprint density at radius 3 is 2.04 bits per heavy atom. The molecule has 25 heavy (non-hydrogen) atoms. The predicted molar refractivity (Wildman–Crippen MR) is 88.3 cm³/mol. The van der Waals surface area contributed by atoms with E-state index >= 15 is 0 Å². The van der Waals surface area contributed by atoms with Gasteiger partial charge in [0.25, 0.3) is 5.91 Å². The van der Waals surface area contributed by atoms with Crippen LogP contribution in [0.1, 0.15) is 10.4 Å². The summed E-state index contributed by atoms with van der Waals surface area (Å²) in [5, 5.41) is 2.35. The third kappa shape index (κ3) is 5.03. The normalized spacial score (nSPS) is 13.9. The van der Waals surface area contributed by atoms with E-state index in [0.717, 1.165) is 30.5 Å². The molecular formula is C14H11NO7S3-2. The number of benzene rings is 2. The van der Waals surface area contributed by atoms with Crippen molar-refractivity contribution in [3.05, 3.63) is 48.0 Å². The molecule has 2 rings (SSSR count). The molecule has 1 N–H and O–H groups in total. The third-order valence-electron chi connectivity index (χ3n) is 3.05. The van der Waals surface area contributed by atoms with Crippen LogP contribution in [0.25, 0.3) is 0 Å². The molecule has 2 aromatic carbocycles. The SMILES string of the molecule is CS(=O)(=O)c1cccc(C(=O)Nc2cc(S(=O)[O-])cc(S(=O)[O-])c2)c1. The van der Waals surface area contributed by atoms with Gasteiger partial charge in [0.15, 0.2) is 9.84 Å². The van der Waals surface area contributed by atoms with Crippen LogP contribution in [0.15, 0.2) is 57.2 Å². The van der Waals surface area contributed by atoms with Crippen LogP contribution in [0.2, 0.25) is 0 Å². The van der Waals surface area contributed by atoms with Crippen molar-refractivity contribution in [2.24, 2.45) is 0 Å². The van der Waals surface area contributed by atoms with E-state index in [4.69, 9.17) is 0 Å². The smallest absolute Gasteiger partial charge is 0.255 e. The molecule has 0 aliphatic carbocycles. The summed E-state index contributed by atoms with van der Waals surface area (Å²) in [5.41, 5.74) is -0.0444. The van der Waals surface area contributed by atoms with Gasteiger partial charge in [-0.2, -0.15) is 0 Å². The summed E-state index contributed by atoms with van der Waals surface area (Å²) in [6, 6.07) is 8.33. The lowest BCUT2D eigenvalue weighted by Gasteiger charge is -2.14. The number of anilines is 1. The molecule has 2 unspecified atom stereocenters. The molecule has 8 nitrogen and oxygen atoms in total. The minimum atomic E-state index is -3.51. The maximum atomic E-state index is 12.2. The Kier molecular flexibility index (Phi) is 5.85. The van der Waals surface area contributed by atoms with Gasteiger partial charge < -0.3 is 14.4 Å². The first-order chi connectivity index (χ1) is 11.6.